The van der Waals surface area contributed by atoms with Gasteiger partial charge in [0.15, 0.2) is 11.5 Å². The lowest BCUT2D eigenvalue weighted by molar-refractivity contribution is 0.328. The van der Waals surface area contributed by atoms with Gasteiger partial charge in [0.05, 0.1) is 11.6 Å². The number of hydrogen-bond donors (Lipinski definition) is 1. The van der Waals surface area contributed by atoms with Crippen molar-refractivity contribution in [2.45, 2.75) is 6.42 Å². The monoisotopic (exact) mass is 283 g/mol. The molecule has 2 N–H and O–H groups in total. The molecule has 0 spiro atoms. The maximum Gasteiger partial charge on any atom is 0.176 e. The number of rotatable bonds is 5. The number of halogens is 1. The first-order valence-electron chi connectivity index (χ1n) is 4.85. The molecule has 0 radical (unpaired) electrons. The number of terminal acetylenes is 1. The molecule has 86 valence electrons. The van der Waals surface area contributed by atoms with Crippen molar-refractivity contribution in [2.24, 2.45) is 5.73 Å². The van der Waals surface area contributed by atoms with Crippen LogP contribution >= 0.6 is 15.9 Å². The average molecular weight is 284 g/mol. The van der Waals surface area contributed by atoms with Crippen molar-refractivity contribution in [3.05, 3.63) is 22.2 Å². The van der Waals surface area contributed by atoms with Gasteiger partial charge >= 0.3 is 0 Å². The van der Waals surface area contributed by atoms with E-state index in [-0.39, 0.29) is 6.61 Å². The molecule has 3 nitrogen and oxygen atoms in total. The first kappa shape index (κ1) is 12.9. The van der Waals surface area contributed by atoms with Crippen molar-refractivity contribution in [1.29, 1.82) is 0 Å². The first-order valence-corrected chi connectivity index (χ1v) is 5.65. The van der Waals surface area contributed by atoms with Gasteiger partial charge in [-0.3, -0.25) is 0 Å². The van der Waals surface area contributed by atoms with Crippen LogP contribution in [-0.2, 0) is 6.42 Å². The van der Waals surface area contributed by atoms with Gasteiger partial charge in [-0.2, -0.15) is 0 Å². The number of methoxy groups -OCH3 is 1. The third kappa shape index (κ3) is 3.16. The summed E-state index contributed by atoms with van der Waals surface area (Å²) in [5.41, 5.74) is 6.60. The Morgan fingerprint density at radius 1 is 1.50 bits per heavy atom. The minimum Gasteiger partial charge on any atom is -0.493 e. The summed E-state index contributed by atoms with van der Waals surface area (Å²) < 4.78 is 11.5. The highest BCUT2D eigenvalue weighted by molar-refractivity contribution is 9.10. The second kappa shape index (κ2) is 6.41. The second-order valence-electron chi connectivity index (χ2n) is 3.14. The Morgan fingerprint density at radius 2 is 2.25 bits per heavy atom. The summed E-state index contributed by atoms with van der Waals surface area (Å²) in [6, 6.07) is 3.87. The van der Waals surface area contributed by atoms with Gasteiger partial charge in [-0.25, -0.2) is 0 Å². The second-order valence-corrected chi connectivity index (χ2v) is 3.99. The van der Waals surface area contributed by atoms with Crippen molar-refractivity contribution >= 4 is 15.9 Å². The van der Waals surface area contributed by atoms with Crippen LogP contribution < -0.4 is 15.2 Å². The first-order chi connectivity index (χ1) is 7.72. The van der Waals surface area contributed by atoms with Gasteiger partial charge in [0.2, 0.25) is 0 Å². The van der Waals surface area contributed by atoms with Gasteiger partial charge in [-0.1, -0.05) is 5.92 Å². The predicted octanol–water partition coefficient (Wildman–Crippen LogP) is 1.97. The van der Waals surface area contributed by atoms with Crippen molar-refractivity contribution in [1.82, 2.24) is 0 Å². The minimum atomic E-state index is 0.213. The normalized spacial score (nSPS) is 9.62. The summed E-state index contributed by atoms with van der Waals surface area (Å²) in [6.45, 7) is 0.811. The van der Waals surface area contributed by atoms with E-state index in [2.05, 4.69) is 21.9 Å². The highest BCUT2D eigenvalue weighted by Crippen LogP contribution is 2.36. The topological polar surface area (TPSA) is 44.5 Å². The zero-order valence-electron chi connectivity index (χ0n) is 9.13. The van der Waals surface area contributed by atoms with Gasteiger partial charge in [0, 0.05) is 0 Å². The third-order valence-corrected chi connectivity index (χ3v) is 2.61. The fraction of sp³-hybridized carbons (Fsp3) is 0.333. The molecule has 0 saturated heterocycles. The molecule has 0 atom stereocenters. The molecule has 4 heteroatoms. The van der Waals surface area contributed by atoms with E-state index in [1.807, 2.05) is 12.1 Å². The van der Waals surface area contributed by atoms with E-state index in [0.29, 0.717) is 18.0 Å². The number of hydrogen-bond acceptors (Lipinski definition) is 3. The Bertz CT molecular complexity index is 399. The van der Waals surface area contributed by atoms with Gasteiger partial charge in [-0.05, 0) is 46.6 Å². The molecule has 1 rings (SSSR count). The molecular weight excluding hydrogens is 270 g/mol. The van der Waals surface area contributed by atoms with Crippen LogP contribution in [0.3, 0.4) is 0 Å². The molecule has 1 aromatic rings. The maximum absolute atomic E-state index is 5.51. The molecule has 0 bridgehead atoms. The summed E-state index contributed by atoms with van der Waals surface area (Å²) in [5.74, 6) is 3.70. The number of nitrogens with two attached hydrogens (primary N) is 1. The SMILES string of the molecule is C#CCOc1c(Br)cc(CCN)cc1OC. The van der Waals surface area contributed by atoms with E-state index in [4.69, 9.17) is 21.6 Å². The minimum absolute atomic E-state index is 0.213. The molecule has 0 aromatic heterocycles. The lowest BCUT2D eigenvalue weighted by Gasteiger charge is -2.12. The van der Waals surface area contributed by atoms with E-state index in [1.54, 1.807) is 7.11 Å². The zero-order valence-corrected chi connectivity index (χ0v) is 10.7. The maximum atomic E-state index is 5.51. The van der Waals surface area contributed by atoms with Crippen molar-refractivity contribution in [3.63, 3.8) is 0 Å². The van der Waals surface area contributed by atoms with E-state index in [1.165, 1.54) is 0 Å². The number of benzene rings is 1. The fourth-order valence-corrected chi connectivity index (χ4v) is 1.94. The van der Waals surface area contributed by atoms with E-state index >= 15 is 0 Å². The molecule has 1 aromatic carbocycles. The van der Waals surface area contributed by atoms with Crippen molar-refractivity contribution in [3.8, 4) is 23.8 Å². The summed E-state index contributed by atoms with van der Waals surface area (Å²) in [4.78, 5) is 0. The summed E-state index contributed by atoms with van der Waals surface area (Å²) >= 11 is 3.42. The van der Waals surface area contributed by atoms with Gasteiger partial charge < -0.3 is 15.2 Å². The Balaban J connectivity index is 3.03. The zero-order chi connectivity index (χ0) is 12.0. The molecule has 16 heavy (non-hydrogen) atoms. The van der Waals surface area contributed by atoms with E-state index in [9.17, 15) is 0 Å². The molecule has 0 unspecified atom stereocenters. The fourth-order valence-electron chi connectivity index (χ4n) is 1.34. The molecular formula is C12H14BrNO2. The lowest BCUT2D eigenvalue weighted by Crippen LogP contribution is -2.04. The van der Waals surface area contributed by atoms with Crippen LogP contribution in [0.4, 0.5) is 0 Å². The lowest BCUT2D eigenvalue weighted by atomic mass is 10.1. The molecule has 0 fully saturated rings. The molecule has 0 aliphatic carbocycles. The predicted molar refractivity (Wildman–Crippen MR) is 67.8 cm³/mol. The molecule has 0 amide bonds. The van der Waals surface area contributed by atoms with Crippen LogP contribution in [0.2, 0.25) is 0 Å². The largest absolute Gasteiger partial charge is 0.493 e. The van der Waals surface area contributed by atoms with Gasteiger partial charge in [0.1, 0.15) is 6.61 Å². The molecule has 0 heterocycles. The smallest absolute Gasteiger partial charge is 0.176 e. The molecule has 0 aliphatic rings. The third-order valence-electron chi connectivity index (χ3n) is 2.02. The summed E-state index contributed by atoms with van der Waals surface area (Å²) in [6.07, 6.45) is 5.94. The van der Waals surface area contributed by atoms with E-state index in [0.717, 1.165) is 16.5 Å². The summed E-state index contributed by atoms with van der Waals surface area (Å²) in [7, 11) is 1.59. The van der Waals surface area contributed by atoms with Crippen LogP contribution in [0, 0.1) is 12.3 Å². The van der Waals surface area contributed by atoms with Crippen molar-refractivity contribution in [2.75, 3.05) is 20.3 Å². The van der Waals surface area contributed by atoms with Crippen LogP contribution in [0.15, 0.2) is 16.6 Å². The van der Waals surface area contributed by atoms with Crippen LogP contribution in [-0.4, -0.2) is 20.3 Å². The Labute approximate surface area is 104 Å². The standard InChI is InChI=1S/C12H14BrNO2/c1-3-6-16-12-10(13)7-9(4-5-14)8-11(12)15-2/h1,7-8H,4-6,14H2,2H3. The van der Waals surface area contributed by atoms with Gasteiger partial charge in [-0.15, -0.1) is 6.42 Å². The average Bonchev–Trinajstić information content (AvgIpc) is 2.27. The number of ether oxygens (including phenoxy) is 2. The summed E-state index contributed by atoms with van der Waals surface area (Å²) in [5, 5.41) is 0. The van der Waals surface area contributed by atoms with E-state index < -0.39 is 0 Å². The highest BCUT2D eigenvalue weighted by atomic mass is 79.9. The van der Waals surface area contributed by atoms with Gasteiger partial charge in [0.25, 0.3) is 0 Å². The van der Waals surface area contributed by atoms with Crippen LogP contribution in [0.25, 0.3) is 0 Å². The molecule has 0 saturated carbocycles. The highest BCUT2D eigenvalue weighted by Gasteiger charge is 2.10. The van der Waals surface area contributed by atoms with Crippen molar-refractivity contribution < 1.29 is 9.47 Å². The van der Waals surface area contributed by atoms with Crippen LogP contribution in [0.1, 0.15) is 5.56 Å². The van der Waals surface area contributed by atoms with Crippen LogP contribution in [0.5, 0.6) is 11.5 Å². The molecule has 0 aliphatic heterocycles. The Kier molecular flexibility index (Phi) is 5.17. The Hall–Kier alpha value is -1.18. The quantitative estimate of drug-likeness (QED) is 0.841. The Morgan fingerprint density at radius 3 is 2.81 bits per heavy atom.